The van der Waals surface area contributed by atoms with Crippen molar-refractivity contribution in [3.05, 3.63) is 0 Å². The van der Waals surface area contributed by atoms with Gasteiger partial charge < -0.3 is 19.9 Å². The number of carbonyl (C=O) groups is 2. The molecule has 1 aliphatic rings. The van der Waals surface area contributed by atoms with Crippen LogP contribution in [0.5, 0.6) is 0 Å². The van der Waals surface area contributed by atoms with Crippen LogP contribution in [-0.2, 0) is 19.1 Å². The summed E-state index contributed by atoms with van der Waals surface area (Å²) in [5.41, 5.74) is -0.888. The third-order valence-corrected chi connectivity index (χ3v) is 2.91. The molecule has 98 valence electrons. The molecule has 1 aliphatic heterocycles. The number of ether oxygens (including phenoxy) is 2. The molecule has 0 bridgehead atoms. The largest absolute Gasteiger partial charge is 0.480 e. The Bertz CT molecular complexity index is 286. The van der Waals surface area contributed by atoms with Gasteiger partial charge in [-0.15, -0.1) is 0 Å². The number of amides is 1. The van der Waals surface area contributed by atoms with Crippen LogP contribution in [0.4, 0.5) is 0 Å². The molecule has 1 heterocycles. The molecule has 2 N–H and O–H groups in total. The molecule has 0 aliphatic carbocycles. The lowest BCUT2D eigenvalue weighted by Crippen LogP contribution is -2.51. The zero-order valence-corrected chi connectivity index (χ0v) is 10.2. The Kier molecular flexibility index (Phi) is 4.89. The number of aliphatic carboxylic acids is 1. The van der Waals surface area contributed by atoms with E-state index in [2.05, 4.69) is 5.32 Å². The number of carboxylic acid groups (broad SMARTS) is 1. The standard InChI is InChI=1S/C11H19NO5/c1-11(5-3-6-17-11)10(15)12-8(9(13)14)4-7-16-2/h8H,3-7H2,1-2H3,(H,12,15)(H,13,14). The van der Waals surface area contributed by atoms with Crippen LogP contribution in [0, 0.1) is 0 Å². The molecule has 6 nitrogen and oxygen atoms in total. The molecule has 1 fully saturated rings. The zero-order valence-electron chi connectivity index (χ0n) is 10.2. The zero-order chi connectivity index (χ0) is 12.9. The van der Waals surface area contributed by atoms with E-state index in [0.29, 0.717) is 13.0 Å². The Balaban J connectivity index is 2.54. The summed E-state index contributed by atoms with van der Waals surface area (Å²) in [4.78, 5) is 22.9. The van der Waals surface area contributed by atoms with Gasteiger partial charge in [-0.2, -0.15) is 0 Å². The Morgan fingerprint density at radius 1 is 1.59 bits per heavy atom. The fourth-order valence-corrected chi connectivity index (χ4v) is 1.76. The highest BCUT2D eigenvalue weighted by Crippen LogP contribution is 2.25. The second kappa shape index (κ2) is 5.97. The van der Waals surface area contributed by atoms with Crippen LogP contribution in [0.1, 0.15) is 26.2 Å². The van der Waals surface area contributed by atoms with Crippen LogP contribution in [-0.4, -0.2) is 48.9 Å². The molecular formula is C11H19NO5. The summed E-state index contributed by atoms with van der Waals surface area (Å²) in [7, 11) is 1.49. The maximum Gasteiger partial charge on any atom is 0.326 e. The van der Waals surface area contributed by atoms with Crippen molar-refractivity contribution in [3.8, 4) is 0 Å². The summed E-state index contributed by atoms with van der Waals surface area (Å²) in [6.45, 7) is 2.51. The maximum absolute atomic E-state index is 11.9. The fraction of sp³-hybridized carbons (Fsp3) is 0.818. The first-order chi connectivity index (χ1) is 7.99. The van der Waals surface area contributed by atoms with Crippen molar-refractivity contribution >= 4 is 11.9 Å². The summed E-state index contributed by atoms with van der Waals surface area (Å²) in [5.74, 6) is -1.42. The van der Waals surface area contributed by atoms with Gasteiger partial charge in [-0.1, -0.05) is 0 Å². The minimum atomic E-state index is -1.06. The number of methoxy groups -OCH3 is 1. The van der Waals surface area contributed by atoms with E-state index in [4.69, 9.17) is 14.6 Å². The number of hydrogen-bond donors (Lipinski definition) is 2. The predicted molar refractivity (Wildman–Crippen MR) is 59.7 cm³/mol. The van der Waals surface area contributed by atoms with E-state index >= 15 is 0 Å². The average Bonchev–Trinajstić information content (AvgIpc) is 2.72. The Hall–Kier alpha value is -1.14. The summed E-state index contributed by atoms with van der Waals surface area (Å²) < 4.78 is 10.2. The van der Waals surface area contributed by atoms with Crippen LogP contribution >= 0.6 is 0 Å². The first-order valence-corrected chi connectivity index (χ1v) is 5.66. The van der Waals surface area contributed by atoms with Gasteiger partial charge in [0.1, 0.15) is 11.6 Å². The van der Waals surface area contributed by atoms with Gasteiger partial charge >= 0.3 is 5.97 Å². The van der Waals surface area contributed by atoms with Crippen molar-refractivity contribution in [3.63, 3.8) is 0 Å². The fourth-order valence-electron chi connectivity index (χ4n) is 1.76. The monoisotopic (exact) mass is 245 g/mol. The molecule has 0 aromatic carbocycles. The molecular weight excluding hydrogens is 226 g/mol. The van der Waals surface area contributed by atoms with Gasteiger partial charge in [-0.25, -0.2) is 4.79 Å². The van der Waals surface area contributed by atoms with Crippen molar-refractivity contribution < 1.29 is 24.2 Å². The SMILES string of the molecule is COCCC(NC(=O)C1(C)CCCO1)C(=O)O. The van der Waals surface area contributed by atoms with Crippen molar-refractivity contribution in [1.29, 1.82) is 0 Å². The first-order valence-electron chi connectivity index (χ1n) is 5.66. The molecule has 0 aromatic rings. The van der Waals surface area contributed by atoms with Crippen LogP contribution in [0.15, 0.2) is 0 Å². The van der Waals surface area contributed by atoms with E-state index in [1.54, 1.807) is 6.92 Å². The third-order valence-electron chi connectivity index (χ3n) is 2.91. The summed E-state index contributed by atoms with van der Waals surface area (Å²) in [5, 5.41) is 11.5. The average molecular weight is 245 g/mol. The van der Waals surface area contributed by atoms with Crippen LogP contribution in [0.3, 0.4) is 0 Å². The van der Waals surface area contributed by atoms with E-state index < -0.39 is 17.6 Å². The highest BCUT2D eigenvalue weighted by Gasteiger charge is 2.39. The van der Waals surface area contributed by atoms with E-state index in [1.807, 2.05) is 0 Å². The van der Waals surface area contributed by atoms with Crippen molar-refractivity contribution in [2.45, 2.75) is 37.8 Å². The molecule has 2 atom stereocenters. The van der Waals surface area contributed by atoms with Gasteiger partial charge in [-0.3, -0.25) is 4.79 Å². The van der Waals surface area contributed by atoms with Gasteiger partial charge in [0, 0.05) is 26.7 Å². The van der Waals surface area contributed by atoms with Gasteiger partial charge in [0.15, 0.2) is 0 Å². The van der Waals surface area contributed by atoms with Gasteiger partial charge in [0.2, 0.25) is 0 Å². The van der Waals surface area contributed by atoms with Gasteiger partial charge in [0.25, 0.3) is 5.91 Å². The van der Waals surface area contributed by atoms with Crippen molar-refractivity contribution in [2.75, 3.05) is 20.3 Å². The lowest BCUT2D eigenvalue weighted by molar-refractivity contribution is -0.147. The third kappa shape index (κ3) is 3.67. The smallest absolute Gasteiger partial charge is 0.326 e. The van der Waals surface area contributed by atoms with Crippen molar-refractivity contribution in [1.82, 2.24) is 5.32 Å². The molecule has 6 heteroatoms. The van der Waals surface area contributed by atoms with Crippen LogP contribution in [0.25, 0.3) is 0 Å². The Morgan fingerprint density at radius 3 is 2.76 bits per heavy atom. The topological polar surface area (TPSA) is 84.9 Å². The molecule has 1 rings (SSSR count). The molecule has 1 saturated heterocycles. The molecule has 2 unspecified atom stereocenters. The Labute approximate surface area is 100 Å². The molecule has 17 heavy (non-hydrogen) atoms. The summed E-state index contributed by atoms with van der Waals surface area (Å²) in [6.07, 6.45) is 1.68. The maximum atomic E-state index is 11.9. The van der Waals surface area contributed by atoms with Gasteiger partial charge in [-0.05, 0) is 19.8 Å². The van der Waals surface area contributed by atoms with Gasteiger partial charge in [0.05, 0.1) is 0 Å². The molecule has 0 aromatic heterocycles. The molecule has 0 radical (unpaired) electrons. The second-order valence-corrected chi connectivity index (χ2v) is 4.33. The first kappa shape index (κ1) is 13.9. The molecule has 0 saturated carbocycles. The molecule has 0 spiro atoms. The van der Waals surface area contributed by atoms with Crippen LogP contribution in [0.2, 0.25) is 0 Å². The van der Waals surface area contributed by atoms with E-state index in [0.717, 1.165) is 6.42 Å². The van der Waals surface area contributed by atoms with E-state index in [9.17, 15) is 9.59 Å². The number of nitrogens with one attached hydrogen (secondary N) is 1. The minimum Gasteiger partial charge on any atom is -0.480 e. The van der Waals surface area contributed by atoms with E-state index in [-0.39, 0.29) is 18.9 Å². The minimum absolute atomic E-state index is 0.244. The number of rotatable bonds is 6. The summed E-state index contributed by atoms with van der Waals surface area (Å²) >= 11 is 0. The Morgan fingerprint density at radius 2 is 2.29 bits per heavy atom. The highest BCUT2D eigenvalue weighted by molar-refractivity contribution is 5.89. The van der Waals surface area contributed by atoms with Crippen molar-refractivity contribution in [2.24, 2.45) is 0 Å². The normalized spacial score (nSPS) is 25.5. The lowest BCUT2D eigenvalue weighted by Gasteiger charge is -2.24. The summed E-state index contributed by atoms with van der Waals surface area (Å²) in [6, 6.07) is -0.927. The quantitative estimate of drug-likeness (QED) is 0.696. The van der Waals surface area contributed by atoms with E-state index in [1.165, 1.54) is 7.11 Å². The molecule has 1 amide bonds. The lowest BCUT2D eigenvalue weighted by atomic mass is 10.0. The predicted octanol–water partition coefficient (Wildman–Crippen LogP) is 0.161. The van der Waals surface area contributed by atoms with Crippen LogP contribution < -0.4 is 5.32 Å². The number of hydrogen-bond acceptors (Lipinski definition) is 4. The number of carbonyl (C=O) groups excluding carboxylic acids is 1. The highest BCUT2D eigenvalue weighted by atomic mass is 16.5. The number of carboxylic acids is 1. The second-order valence-electron chi connectivity index (χ2n) is 4.33.